The van der Waals surface area contributed by atoms with Crippen LogP contribution in [0.5, 0.6) is 0 Å². The largest absolute Gasteiger partial charge is 0.450 e. The van der Waals surface area contributed by atoms with E-state index in [9.17, 15) is 36.9 Å². The van der Waals surface area contributed by atoms with Crippen molar-refractivity contribution in [2.45, 2.75) is 63.0 Å². The third-order valence-electron chi connectivity index (χ3n) is 8.44. The summed E-state index contributed by atoms with van der Waals surface area (Å²) >= 11 is 0.904. The Balaban J connectivity index is 1.26. The van der Waals surface area contributed by atoms with Gasteiger partial charge in [-0.3, -0.25) is 19.5 Å². The highest BCUT2D eigenvalue weighted by Crippen LogP contribution is 2.43. The average Bonchev–Trinajstić information content (AvgIpc) is 3.59. The van der Waals surface area contributed by atoms with E-state index >= 15 is 0 Å². The van der Waals surface area contributed by atoms with Gasteiger partial charge in [0.1, 0.15) is 17.3 Å². The van der Waals surface area contributed by atoms with Crippen LogP contribution in [-0.2, 0) is 39.0 Å². The lowest BCUT2D eigenvalue weighted by molar-refractivity contribution is -0.164. The Morgan fingerprint density at radius 3 is 2.24 bits per heavy atom. The van der Waals surface area contributed by atoms with Crippen molar-refractivity contribution in [3.8, 4) is 0 Å². The van der Waals surface area contributed by atoms with Gasteiger partial charge in [0.05, 0.1) is 6.04 Å². The molecule has 4 N–H and O–H groups in total. The number of hydrogen-bond donors (Lipinski definition) is 4. The molecule has 2 aliphatic heterocycles. The summed E-state index contributed by atoms with van der Waals surface area (Å²) in [5, 5.41) is 12.8. The van der Waals surface area contributed by atoms with Gasteiger partial charge >= 0.3 is 28.4 Å². The smallest absolute Gasteiger partial charge is 0.413 e. The molecule has 20 heteroatoms. The van der Waals surface area contributed by atoms with Crippen molar-refractivity contribution in [2.75, 3.05) is 25.0 Å². The van der Waals surface area contributed by atoms with Crippen LogP contribution in [0.15, 0.2) is 71.2 Å². The maximum absolute atomic E-state index is 13.9. The predicted molar refractivity (Wildman–Crippen MR) is 191 cm³/mol. The summed E-state index contributed by atoms with van der Waals surface area (Å²) in [6, 6.07) is 14.7. The minimum absolute atomic E-state index is 0.00375. The molecule has 286 valence electrons. The van der Waals surface area contributed by atoms with Crippen LogP contribution in [0.4, 0.5) is 14.7 Å². The molecule has 0 spiro atoms. The van der Waals surface area contributed by atoms with Crippen molar-refractivity contribution in [1.29, 1.82) is 0 Å². The molecule has 2 saturated heterocycles. The molecule has 0 radical (unpaired) electrons. The van der Waals surface area contributed by atoms with Crippen LogP contribution in [0, 0.1) is 0 Å². The molecule has 3 heterocycles. The molecule has 3 aliphatic rings. The monoisotopic (exact) mass is 783 g/mol. The second-order valence-corrected chi connectivity index (χ2v) is 15.8. The van der Waals surface area contributed by atoms with Gasteiger partial charge in [0.25, 0.3) is 11.8 Å². The highest BCUT2D eigenvalue weighted by atomic mass is 32.2. The van der Waals surface area contributed by atoms with Crippen molar-refractivity contribution in [2.24, 2.45) is 5.16 Å². The van der Waals surface area contributed by atoms with Gasteiger partial charge in [-0.25, -0.2) is 23.7 Å². The zero-order chi connectivity index (χ0) is 38.8. The molecule has 2 atom stereocenters. The second kappa shape index (κ2) is 15.0. The Hall–Kier alpha value is -5.60. The van der Waals surface area contributed by atoms with Crippen molar-refractivity contribution < 1.29 is 51.3 Å². The summed E-state index contributed by atoms with van der Waals surface area (Å²) in [6.07, 6.45) is -1.24. The van der Waals surface area contributed by atoms with Gasteiger partial charge < -0.3 is 29.8 Å². The number of rotatable bonds is 13. The van der Waals surface area contributed by atoms with Crippen molar-refractivity contribution in [1.82, 2.24) is 24.8 Å². The maximum atomic E-state index is 13.9. The van der Waals surface area contributed by atoms with Crippen LogP contribution >= 0.6 is 11.3 Å². The summed E-state index contributed by atoms with van der Waals surface area (Å²) < 4.78 is 45.3. The third-order valence-corrected chi connectivity index (χ3v) is 10.1. The minimum Gasteiger partial charge on any atom is -0.450 e. The number of thiazole rings is 1. The highest BCUT2D eigenvalue weighted by molar-refractivity contribution is 7.84. The van der Waals surface area contributed by atoms with Gasteiger partial charge in [-0.2, -0.15) is 8.42 Å². The Kier molecular flexibility index (Phi) is 10.6. The van der Waals surface area contributed by atoms with E-state index in [0.717, 1.165) is 11.3 Å². The molecule has 5 amide bonds. The Morgan fingerprint density at radius 2 is 1.70 bits per heavy atom. The molecular formula is C34H37N7O11S2. The molecule has 0 bridgehead atoms. The molecule has 3 fully saturated rings. The fourth-order valence-electron chi connectivity index (χ4n) is 5.67. The molecule has 18 nitrogen and oxygen atoms in total. The Bertz CT molecular complexity index is 2030. The standard InChI is InChI=1S/C34H37N7O11S2/c1-33(2,3)51-32(46)38-30-36-22(19-53-30)24(27(42)37-25-23(18-40-17-16-35-31(40)45)41(28(25)43)54(47,48)49)39-52-34(14-15-34)29(44)50-26(20-10-6-4-7-11-20)21-12-8-5-9-13-21/h4-13,19,23,25-26H,14-18H2,1-3H3,(H,35,45)(H,37,42)(H,36,38,46)(H,47,48,49)/t23-,25+/m1/s1. The third kappa shape index (κ3) is 8.61. The van der Waals surface area contributed by atoms with E-state index in [4.69, 9.17) is 14.3 Å². The number of ether oxygens (including phenoxy) is 2. The number of amides is 5. The van der Waals surface area contributed by atoms with E-state index < -0.39 is 75.3 Å². The van der Waals surface area contributed by atoms with Crippen LogP contribution in [0.2, 0.25) is 0 Å². The summed E-state index contributed by atoms with van der Waals surface area (Å²) in [5.41, 5.74) is -1.69. The number of hydrogen-bond acceptors (Lipinski definition) is 13. The lowest BCUT2D eigenvalue weighted by Gasteiger charge is -2.45. The fraction of sp³-hybridized carbons (Fsp3) is 0.382. The normalized spacial score (nSPS) is 19.5. The zero-order valence-corrected chi connectivity index (χ0v) is 30.9. The van der Waals surface area contributed by atoms with Crippen LogP contribution in [-0.4, -0.2) is 106 Å². The van der Waals surface area contributed by atoms with E-state index in [1.165, 1.54) is 10.3 Å². The van der Waals surface area contributed by atoms with E-state index in [2.05, 4.69) is 26.1 Å². The molecule has 3 aromatic rings. The van der Waals surface area contributed by atoms with Crippen molar-refractivity contribution in [3.63, 3.8) is 0 Å². The van der Waals surface area contributed by atoms with Crippen LogP contribution in [0.1, 0.15) is 56.5 Å². The fourth-order valence-corrected chi connectivity index (χ4v) is 7.23. The lowest BCUT2D eigenvalue weighted by Crippen LogP contribution is -2.74. The average molecular weight is 784 g/mol. The van der Waals surface area contributed by atoms with E-state index in [1.807, 2.05) is 60.7 Å². The number of oxime groups is 1. The van der Waals surface area contributed by atoms with Crippen molar-refractivity contribution >= 4 is 62.4 Å². The molecule has 2 aromatic carbocycles. The Labute approximate surface area is 313 Å². The number of aromatic nitrogens is 1. The highest BCUT2D eigenvalue weighted by Gasteiger charge is 2.57. The van der Waals surface area contributed by atoms with E-state index in [0.29, 0.717) is 11.1 Å². The van der Waals surface area contributed by atoms with Crippen LogP contribution in [0.3, 0.4) is 0 Å². The minimum atomic E-state index is -5.06. The molecule has 6 rings (SSSR count). The predicted octanol–water partition coefficient (Wildman–Crippen LogP) is 2.60. The van der Waals surface area contributed by atoms with Gasteiger partial charge in [-0.15, -0.1) is 11.3 Å². The first-order chi connectivity index (χ1) is 25.5. The number of benzene rings is 2. The van der Waals surface area contributed by atoms with E-state index in [1.54, 1.807) is 20.8 Å². The molecule has 1 aromatic heterocycles. The number of carbonyl (C=O) groups excluding carboxylic acids is 5. The number of anilines is 1. The molecular weight excluding hydrogens is 747 g/mol. The topological polar surface area (TPSA) is 235 Å². The van der Waals surface area contributed by atoms with Crippen LogP contribution < -0.4 is 16.0 Å². The van der Waals surface area contributed by atoms with Crippen molar-refractivity contribution in [3.05, 3.63) is 82.9 Å². The second-order valence-electron chi connectivity index (χ2n) is 13.6. The van der Waals surface area contributed by atoms with Gasteiger partial charge in [0.15, 0.2) is 16.9 Å². The summed E-state index contributed by atoms with van der Waals surface area (Å²) in [6.45, 7) is 5.11. The first kappa shape index (κ1) is 38.1. The number of nitrogens with one attached hydrogen (secondary N) is 3. The number of nitrogens with zero attached hydrogens (tertiary/aromatic N) is 4. The molecule has 1 aliphatic carbocycles. The number of esters is 1. The van der Waals surface area contributed by atoms with Crippen LogP contribution in [0.25, 0.3) is 0 Å². The molecule has 54 heavy (non-hydrogen) atoms. The van der Waals surface area contributed by atoms with Gasteiger partial charge in [-0.1, -0.05) is 65.8 Å². The lowest BCUT2D eigenvalue weighted by atomic mass is 9.97. The first-order valence-corrected chi connectivity index (χ1v) is 19.0. The number of β-lactam (4-membered cyclic amide) rings is 1. The first-order valence-electron chi connectivity index (χ1n) is 16.7. The maximum Gasteiger partial charge on any atom is 0.413 e. The Morgan fingerprint density at radius 1 is 1.07 bits per heavy atom. The zero-order valence-electron chi connectivity index (χ0n) is 29.3. The van der Waals surface area contributed by atoms with Gasteiger partial charge in [-0.05, 0) is 31.9 Å². The summed E-state index contributed by atoms with van der Waals surface area (Å²) in [7, 11) is -5.06. The molecule has 0 unspecified atom stereocenters. The SMILES string of the molecule is CC(C)(C)OC(=O)Nc1nc(C(=NOC2(C(=O)OC(c3ccccc3)c3ccccc3)CC2)C(=O)N[C@@H]2C(=O)N(S(=O)(=O)O)[C@@H]2CN2CCNC2=O)cs1. The van der Waals surface area contributed by atoms with Gasteiger partial charge in [0.2, 0.25) is 5.60 Å². The number of urea groups is 1. The van der Waals surface area contributed by atoms with Gasteiger partial charge in [0, 0.05) is 37.9 Å². The summed E-state index contributed by atoms with van der Waals surface area (Å²) in [5.74, 6) is -3.00. The summed E-state index contributed by atoms with van der Waals surface area (Å²) in [4.78, 5) is 76.5. The van der Waals surface area contributed by atoms with E-state index in [-0.39, 0.29) is 47.6 Å². The quantitative estimate of drug-likeness (QED) is 0.0644. The number of carbonyl (C=O) groups is 5. The molecule has 1 saturated carbocycles.